The maximum atomic E-state index is 13.6. The normalized spacial score (nSPS) is 14.8. The van der Waals surface area contributed by atoms with Crippen LogP contribution in [0.3, 0.4) is 0 Å². The number of aromatic nitrogens is 4. The van der Waals surface area contributed by atoms with Gasteiger partial charge in [0.2, 0.25) is 5.82 Å². The lowest BCUT2D eigenvalue weighted by Gasteiger charge is -2.28. The summed E-state index contributed by atoms with van der Waals surface area (Å²) in [4.78, 5) is 19.2. The lowest BCUT2D eigenvalue weighted by molar-refractivity contribution is 0.261. The summed E-state index contributed by atoms with van der Waals surface area (Å²) >= 11 is 0. The Labute approximate surface area is 200 Å². The molecule has 10 heteroatoms. The molecule has 180 valence electrons. The van der Waals surface area contributed by atoms with Crippen molar-refractivity contribution in [1.82, 2.24) is 24.8 Å². The lowest BCUT2D eigenvalue weighted by atomic mass is 10.1. The van der Waals surface area contributed by atoms with E-state index in [1.807, 2.05) is 24.3 Å². The number of nitrogens with zero attached hydrogens (tertiary/aromatic N) is 5. The minimum absolute atomic E-state index is 0.164. The molecule has 1 N–H and O–H groups in total. The van der Waals surface area contributed by atoms with Gasteiger partial charge in [0.15, 0.2) is 0 Å². The van der Waals surface area contributed by atoms with Gasteiger partial charge in [0, 0.05) is 29.3 Å². The highest BCUT2D eigenvalue weighted by Gasteiger charge is 2.19. The molecule has 0 atom stereocenters. The van der Waals surface area contributed by atoms with Gasteiger partial charge in [-0.25, -0.2) is 13.5 Å². The number of anilines is 1. The van der Waals surface area contributed by atoms with E-state index in [0.29, 0.717) is 23.6 Å². The Morgan fingerprint density at radius 1 is 1.03 bits per heavy atom. The second kappa shape index (κ2) is 9.75. The molecule has 0 spiro atoms. The van der Waals surface area contributed by atoms with Crippen LogP contribution in [0.25, 0.3) is 22.6 Å². The van der Waals surface area contributed by atoms with Crippen LogP contribution in [0.5, 0.6) is 0 Å². The third kappa shape index (κ3) is 5.43. The number of hydrogen-bond donors (Lipinski definition) is 1. The first-order valence-electron chi connectivity index (χ1n) is 11.4. The number of halogens is 2. The largest absolute Gasteiger partial charge is 0.335 e. The molecule has 35 heavy (non-hydrogen) atoms. The highest BCUT2D eigenvalue weighted by atomic mass is 19.1. The van der Waals surface area contributed by atoms with Crippen molar-refractivity contribution >= 4 is 6.01 Å². The van der Waals surface area contributed by atoms with Gasteiger partial charge in [0.1, 0.15) is 11.6 Å². The number of hydrogen-bond acceptors (Lipinski definition) is 7. The van der Waals surface area contributed by atoms with E-state index in [4.69, 9.17) is 4.52 Å². The first kappa shape index (κ1) is 22.9. The number of likely N-dealkylation sites (tertiary alicyclic amines) is 1. The third-order valence-electron chi connectivity index (χ3n) is 6.01. The monoisotopic (exact) mass is 478 g/mol. The van der Waals surface area contributed by atoms with Crippen LogP contribution in [-0.4, -0.2) is 51.0 Å². The van der Waals surface area contributed by atoms with Crippen molar-refractivity contribution in [3.8, 4) is 22.6 Å². The maximum Gasteiger partial charge on any atom is 0.322 e. The summed E-state index contributed by atoms with van der Waals surface area (Å²) in [6, 6.07) is 14.0. The molecule has 3 heterocycles. The van der Waals surface area contributed by atoms with Crippen molar-refractivity contribution in [3.63, 3.8) is 0 Å². The van der Waals surface area contributed by atoms with Crippen LogP contribution in [0.2, 0.25) is 0 Å². The topological polar surface area (TPSA) is 89.1 Å². The molecule has 0 bridgehead atoms. The molecule has 8 nitrogen and oxygen atoms in total. The van der Waals surface area contributed by atoms with Crippen LogP contribution in [0, 0.1) is 11.6 Å². The van der Waals surface area contributed by atoms with Gasteiger partial charge < -0.3 is 14.7 Å². The summed E-state index contributed by atoms with van der Waals surface area (Å²) in [6.45, 7) is 2.20. The minimum atomic E-state index is -0.711. The molecule has 2 aromatic heterocycles. The zero-order valence-corrected chi connectivity index (χ0v) is 19.1. The van der Waals surface area contributed by atoms with Gasteiger partial charge in [-0.3, -0.25) is 4.79 Å². The van der Waals surface area contributed by atoms with E-state index in [1.165, 1.54) is 28.9 Å². The fourth-order valence-corrected chi connectivity index (χ4v) is 4.13. The number of benzene rings is 2. The van der Waals surface area contributed by atoms with Crippen LogP contribution >= 0.6 is 0 Å². The average molecular weight is 479 g/mol. The smallest absolute Gasteiger partial charge is 0.322 e. The molecule has 2 aromatic carbocycles. The van der Waals surface area contributed by atoms with Crippen molar-refractivity contribution in [2.45, 2.75) is 25.4 Å². The fraction of sp³-hybridized carbons (Fsp3) is 0.280. The molecule has 1 aliphatic rings. The summed E-state index contributed by atoms with van der Waals surface area (Å²) in [7, 11) is 2.11. The molecular weight excluding hydrogens is 454 g/mol. The second-order valence-electron chi connectivity index (χ2n) is 8.72. The first-order valence-corrected chi connectivity index (χ1v) is 11.4. The number of nitrogens with one attached hydrogen (secondary N) is 1. The van der Waals surface area contributed by atoms with E-state index in [-0.39, 0.29) is 17.7 Å². The predicted octanol–water partition coefficient (Wildman–Crippen LogP) is 3.79. The average Bonchev–Trinajstić information content (AvgIpc) is 3.30. The third-order valence-corrected chi connectivity index (χ3v) is 6.01. The molecule has 1 fully saturated rings. The Kier molecular flexibility index (Phi) is 6.37. The van der Waals surface area contributed by atoms with Crippen LogP contribution in [-0.2, 0) is 6.54 Å². The molecule has 4 aromatic rings. The van der Waals surface area contributed by atoms with E-state index in [2.05, 4.69) is 32.5 Å². The van der Waals surface area contributed by atoms with Gasteiger partial charge in [0.25, 0.3) is 5.56 Å². The maximum absolute atomic E-state index is 13.6. The fourth-order valence-electron chi connectivity index (χ4n) is 4.13. The highest BCUT2D eigenvalue weighted by Crippen LogP contribution is 2.22. The minimum Gasteiger partial charge on any atom is -0.335 e. The predicted molar refractivity (Wildman–Crippen MR) is 127 cm³/mol. The molecule has 0 radical (unpaired) electrons. The SMILES string of the molecule is CN1CCC(Nc2nc(-c3cccc(Cn4nc(-c5cc(F)cc(F)c5)ccc4=O)c3)no2)CC1. The van der Waals surface area contributed by atoms with Crippen molar-refractivity contribution < 1.29 is 13.3 Å². The summed E-state index contributed by atoms with van der Waals surface area (Å²) in [6.07, 6.45) is 2.01. The Morgan fingerprint density at radius 3 is 2.57 bits per heavy atom. The number of rotatable bonds is 6. The molecule has 0 unspecified atom stereocenters. The zero-order valence-electron chi connectivity index (χ0n) is 19.1. The van der Waals surface area contributed by atoms with Gasteiger partial charge in [-0.2, -0.15) is 10.1 Å². The molecule has 0 amide bonds. The molecule has 0 aliphatic carbocycles. The standard InChI is InChI=1S/C25H24F2N6O2/c1-32-9-7-21(8-10-32)28-25-29-24(31-35-25)17-4-2-3-16(11-17)15-33-23(34)6-5-22(30-33)18-12-19(26)14-20(27)13-18/h2-6,11-14,21H,7-10,15H2,1H3,(H,28,29,31). The van der Waals surface area contributed by atoms with Crippen LogP contribution in [0.1, 0.15) is 18.4 Å². The van der Waals surface area contributed by atoms with Crippen molar-refractivity contribution in [2.24, 2.45) is 0 Å². The van der Waals surface area contributed by atoms with E-state index in [1.54, 1.807) is 0 Å². The van der Waals surface area contributed by atoms with E-state index in [9.17, 15) is 13.6 Å². The molecular formula is C25H24F2N6O2. The molecule has 0 saturated carbocycles. The van der Waals surface area contributed by atoms with Gasteiger partial charge in [-0.15, -0.1) is 0 Å². The Hall–Kier alpha value is -3.92. The van der Waals surface area contributed by atoms with Gasteiger partial charge in [-0.1, -0.05) is 23.4 Å². The molecule has 1 saturated heterocycles. The second-order valence-corrected chi connectivity index (χ2v) is 8.72. The zero-order chi connectivity index (χ0) is 24.4. The summed E-state index contributed by atoms with van der Waals surface area (Å²) in [5, 5.41) is 11.7. The molecule has 5 rings (SSSR count). The van der Waals surface area contributed by atoms with Crippen LogP contribution < -0.4 is 10.9 Å². The van der Waals surface area contributed by atoms with Gasteiger partial charge in [0.05, 0.1) is 12.2 Å². The molecule has 1 aliphatic heterocycles. The van der Waals surface area contributed by atoms with E-state index in [0.717, 1.165) is 43.1 Å². The van der Waals surface area contributed by atoms with E-state index >= 15 is 0 Å². The number of piperidine rings is 1. The van der Waals surface area contributed by atoms with E-state index < -0.39 is 11.6 Å². The summed E-state index contributed by atoms with van der Waals surface area (Å²) in [5.74, 6) is -0.985. The first-order chi connectivity index (χ1) is 16.9. The summed E-state index contributed by atoms with van der Waals surface area (Å²) in [5.41, 5.74) is 1.73. The van der Waals surface area contributed by atoms with Crippen molar-refractivity contribution in [2.75, 3.05) is 25.5 Å². The Balaban J connectivity index is 1.34. The van der Waals surface area contributed by atoms with Gasteiger partial charge in [-0.05, 0) is 62.8 Å². The van der Waals surface area contributed by atoms with Crippen LogP contribution in [0.15, 0.2) is 63.9 Å². The summed E-state index contributed by atoms with van der Waals surface area (Å²) < 4.78 is 33.9. The Morgan fingerprint density at radius 2 is 1.80 bits per heavy atom. The quantitative estimate of drug-likeness (QED) is 0.451. The van der Waals surface area contributed by atoms with Crippen molar-refractivity contribution in [1.29, 1.82) is 0 Å². The highest BCUT2D eigenvalue weighted by molar-refractivity contribution is 5.59. The van der Waals surface area contributed by atoms with Crippen LogP contribution in [0.4, 0.5) is 14.8 Å². The van der Waals surface area contributed by atoms with Gasteiger partial charge >= 0.3 is 6.01 Å². The Bertz CT molecular complexity index is 1370. The lowest BCUT2D eigenvalue weighted by Crippen LogP contribution is -2.36. The van der Waals surface area contributed by atoms with Crippen molar-refractivity contribution in [3.05, 3.63) is 82.1 Å².